The Morgan fingerprint density at radius 1 is 0.964 bits per heavy atom. The number of unbranched alkanes of at least 4 members (excludes halogenated alkanes) is 1. The van der Waals surface area contributed by atoms with E-state index in [0.717, 1.165) is 35.1 Å². The van der Waals surface area contributed by atoms with Gasteiger partial charge in [-0.2, -0.15) is 0 Å². The van der Waals surface area contributed by atoms with E-state index in [1.54, 1.807) is 0 Å². The first-order valence-electron chi connectivity index (χ1n) is 9.50. The molecule has 2 rings (SSSR count). The number of rotatable bonds is 7. The number of aryl methyl sites for hydroxylation is 2. The maximum Gasteiger partial charge on any atom is 0.321 e. The van der Waals surface area contributed by atoms with Crippen LogP contribution in [0, 0.1) is 27.7 Å². The third kappa shape index (κ3) is 5.65. The van der Waals surface area contributed by atoms with Gasteiger partial charge in [-0.3, -0.25) is 9.59 Å². The molecule has 2 atom stereocenters. The van der Waals surface area contributed by atoms with Gasteiger partial charge in [0, 0.05) is 5.56 Å². The van der Waals surface area contributed by atoms with Crippen molar-refractivity contribution in [3.63, 3.8) is 0 Å². The highest BCUT2D eigenvalue weighted by Gasteiger charge is 2.32. The predicted octanol–water partition coefficient (Wildman–Crippen LogP) is 5.17. The summed E-state index contributed by atoms with van der Waals surface area (Å²) in [5, 5.41) is 0. The predicted molar refractivity (Wildman–Crippen MR) is 117 cm³/mol. The molecule has 2 aromatic carbocycles. The molecule has 0 radical (unpaired) electrons. The van der Waals surface area contributed by atoms with E-state index in [1.807, 2.05) is 71.0 Å². The second-order valence-corrected chi connectivity index (χ2v) is 6.86. The number of carbonyl (C=O) groups excluding carboxylic acids is 2. The molecule has 2 unspecified atom stereocenters. The molecule has 28 heavy (non-hydrogen) atoms. The molecule has 0 aromatic heterocycles. The molecule has 0 aliphatic rings. The van der Waals surface area contributed by atoms with E-state index < -0.39 is 11.9 Å². The van der Waals surface area contributed by atoms with Crippen LogP contribution in [-0.4, -0.2) is 18.4 Å². The molecule has 0 spiro atoms. The fourth-order valence-corrected chi connectivity index (χ4v) is 3.25. The van der Waals surface area contributed by atoms with Crippen molar-refractivity contribution < 1.29 is 18.9 Å². The maximum atomic E-state index is 13.4. The van der Waals surface area contributed by atoms with E-state index in [2.05, 4.69) is 0 Å². The van der Waals surface area contributed by atoms with Crippen LogP contribution in [0.2, 0.25) is 0 Å². The van der Waals surface area contributed by atoms with Crippen LogP contribution in [0.25, 0.3) is 0 Å². The summed E-state index contributed by atoms with van der Waals surface area (Å²) in [5.41, 5.74) is 5.39. The lowest BCUT2D eigenvalue weighted by molar-refractivity contribution is -0.144. The normalized spacial score (nSPS) is 11.3. The van der Waals surface area contributed by atoms with Crippen LogP contribution in [0.3, 0.4) is 0 Å². The van der Waals surface area contributed by atoms with Crippen LogP contribution in [0.5, 0.6) is 0 Å². The SMILES string of the molecule is CCCCOC(=O)C(C(=O)c1c(C)cc(C)c(C)c1C)c1ccccc1.O=[PH3]. The Labute approximate surface area is 169 Å². The first-order valence-corrected chi connectivity index (χ1v) is 10.1. The summed E-state index contributed by atoms with van der Waals surface area (Å²) in [6.45, 7) is 10.3. The zero-order valence-electron chi connectivity index (χ0n) is 17.5. The average Bonchev–Trinajstić information content (AvgIpc) is 2.69. The van der Waals surface area contributed by atoms with Crippen molar-refractivity contribution in [2.75, 3.05) is 6.61 Å². The number of benzene rings is 2. The van der Waals surface area contributed by atoms with Crippen molar-refractivity contribution in [2.24, 2.45) is 0 Å². The lowest BCUT2D eigenvalue weighted by Gasteiger charge is -2.20. The number of Topliss-reactive ketones (excluding diaryl/α,β-unsaturated/α-hetero) is 1. The van der Waals surface area contributed by atoms with Gasteiger partial charge < -0.3 is 9.30 Å². The molecule has 5 heteroatoms. The lowest BCUT2D eigenvalue weighted by atomic mass is 9.84. The number of esters is 1. The molecule has 0 fully saturated rings. The van der Waals surface area contributed by atoms with E-state index in [0.29, 0.717) is 26.9 Å². The molecule has 0 aliphatic heterocycles. The van der Waals surface area contributed by atoms with Gasteiger partial charge >= 0.3 is 5.97 Å². The van der Waals surface area contributed by atoms with Crippen LogP contribution in [0.15, 0.2) is 36.4 Å². The Bertz CT molecular complexity index is 815. The number of ketones is 1. The van der Waals surface area contributed by atoms with Crippen molar-refractivity contribution in [1.29, 1.82) is 0 Å². The monoisotopic (exact) mass is 402 g/mol. The van der Waals surface area contributed by atoms with Crippen LogP contribution in [0.4, 0.5) is 0 Å². The minimum atomic E-state index is -0.924. The van der Waals surface area contributed by atoms with Gasteiger partial charge in [-0.15, -0.1) is 0 Å². The number of carbonyl (C=O) groups is 2. The first kappa shape index (κ1) is 23.8. The van der Waals surface area contributed by atoms with Gasteiger partial charge in [0.1, 0.15) is 5.92 Å². The summed E-state index contributed by atoms with van der Waals surface area (Å²) in [6, 6.07) is 11.2. The fraction of sp³-hybridized carbons (Fsp3) is 0.391. The summed E-state index contributed by atoms with van der Waals surface area (Å²) < 4.78 is 13.7. The van der Waals surface area contributed by atoms with Crippen LogP contribution >= 0.6 is 9.12 Å². The second kappa shape index (κ2) is 11.6. The van der Waals surface area contributed by atoms with Crippen LogP contribution in [0.1, 0.15) is 63.9 Å². The van der Waals surface area contributed by atoms with Gasteiger partial charge in [0.2, 0.25) is 0 Å². The molecule has 0 heterocycles. The second-order valence-electron chi connectivity index (χ2n) is 6.86. The molecule has 0 saturated heterocycles. The van der Waals surface area contributed by atoms with Gasteiger partial charge in [0.05, 0.1) is 15.7 Å². The largest absolute Gasteiger partial charge is 0.465 e. The molecular weight excluding hydrogens is 371 g/mol. The molecule has 0 saturated carbocycles. The molecule has 4 nitrogen and oxygen atoms in total. The molecule has 0 aliphatic carbocycles. The van der Waals surface area contributed by atoms with Gasteiger partial charge in [0.15, 0.2) is 5.78 Å². The van der Waals surface area contributed by atoms with Gasteiger partial charge in [-0.05, 0) is 61.9 Å². The molecule has 152 valence electrons. The standard InChI is InChI=1S/C23H28O3.H3OP/c1-6-7-13-26-23(25)21(19-11-9-8-10-12-19)22(24)20-16(3)14-15(2)17(4)18(20)5;1-2/h8-12,14,21H,6-7,13H2,1-5H3;2H3. The zero-order valence-corrected chi connectivity index (χ0v) is 18.9. The number of hydrogen-bond acceptors (Lipinski definition) is 4. The minimum absolute atomic E-state index is 0.184. The quantitative estimate of drug-likeness (QED) is 0.211. The third-order valence-corrected chi connectivity index (χ3v) is 4.98. The highest BCUT2D eigenvalue weighted by molar-refractivity contribution is 7.00. The topological polar surface area (TPSA) is 60.4 Å². The van der Waals surface area contributed by atoms with Gasteiger partial charge in [-0.25, -0.2) is 0 Å². The van der Waals surface area contributed by atoms with Gasteiger partial charge in [0.25, 0.3) is 0 Å². The molecule has 0 amide bonds. The van der Waals surface area contributed by atoms with Crippen molar-refractivity contribution in [2.45, 2.75) is 53.4 Å². The summed E-state index contributed by atoms with van der Waals surface area (Å²) in [7, 11) is 0.611. The highest BCUT2D eigenvalue weighted by atomic mass is 31.0. The molecule has 2 aromatic rings. The van der Waals surface area contributed by atoms with Crippen LogP contribution < -0.4 is 0 Å². The summed E-state index contributed by atoms with van der Waals surface area (Å²) in [6.07, 6.45) is 1.73. The Morgan fingerprint density at radius 2 is 1.57 bits per heavy atom. The zero-order chi connectivity index (χ0) is 21.3. The van der Waals surface area contributed by atoms with E-state index in [1.165, 1.54) is 0 Å². The Hall–Kier alpha value is -2.19. The highest BCUT2D eigenvalue weighted by Crippen LogP contribution is 2.29. The van der Waals surface area contributed by atoms with E-state index in [4.69, 9.17) is 9.30 Å². The van der Waals surface area contributed by atoms with Crippen molar-refractivity contribution in [3.05, 3.63) is 69.8 Å². The third-order valence-electron chi connectivity index (χ3n) is 4.98. The number of ether oxygens (including phenoxy) is 1. The summed E-state index contributed by atoms with van der Waals surface area (Å²) in [5.74, 6) is -1.57. The molecule has 0 N–H and O–H groups in total. The maximum absolute atomic E-state index is 13.4. The average molecular weight is 402 g/mol. The van der Waals surface area contributed by atoms with Crippen molar-refractivity contribution >= 4 is 20.9 Å². The lowest BCUT2D eigenvalue weighted by Crippen LogP contribution is -2.26. The Kier molecular flexibility index (Phi) is 9.89. The first-order chi connectivity index (χ1) is 13.4. The van der Waals surface area contributed by atoms with E-state index in [-0.39, 0.29) is 5.78 Å². The van der Waals surface area contributed by atoms with Gasteiger partial charge in [-0.1, -0.05) is 49.7 Å². The summed E-state index contributed by atoms with van der Waals surface area (Å²) >= 11 is 0. The van der Waals surface area contributed by atoms with Crippen molar-refractivity contribution in [1.82, 2.24) is 0 Å². The van der Waals surface area contributed by atoms with Crippen LogP contribution in [-0.2, 0) is 14.1 Å². The number of hydrogen-bond donors (Lipinski definition) is 0. The Morgan fingerprint density at radius 3 is 2.14 bits per heavy atom. The molecular formula is C23H31O4P. The van der Waals surface area contributed by atoms with E-state index >= 15 is 0 Å². The summed E-state index contributed by atoms with van der Waals surface area (Å²) in [4.78, 5) is 26.2. The smallest absolute Gasteiger partial charge is 0.321 e. The van der Waals surface area contributed by atoms with Crippen molar-refractivity contribution in [3.8, 4) is 0 Å². The van der Waals surface area contributed by atoms with E-state index in [9.17, 15) is 9.59 Å². The minimum Gasteiger partial charge on any atom is -0.465 e. The molecule has 0 bridgehead atoms. The Balaban J connectivity index is 0.00000190. The fourth-order valence-electron chi connectivity index (χ4n) is 3.25.